The van der Waals surface area contributed by atoms with Crippen LogP contribution >= 0.6 is 23.2 Å². The fraction of sp³-hybridized carbons (Fsp3) is 0.278. The van der Waals surface area contributed by atoms with Crippen molar-refractivity contribution >= 4 is 44.9 Å². The van der Waals surface area contributed by atoms with Crippen LogP contribution in [0.1, 0.15) is 13.3 Å². The minimum absolute atomic E-state index is 0.0915. The molecular weight excluding hydrogens is 429 g/mol. The first kappa shape index (κ1) is 22.1. The molecule has 1 N–H and O–H groups in total. The van der Waals surface area contributed by atoms with E-state index < -0.39 is 21.7 Å². The van der Waals surface area contributed by atoms with E-state index in [4.69, 9.17) is 32.7 Å². The molecule has 0 aliphatic rings. The van der Waals surface area contributed by atoms with Crippen molar-refractivity contribution in [3.05, 3.63) is 46.4 Å². The van der Waals surface area contributed by atoms with Crippen LogP contribution in [0.4, 0.5) is 5.69 Å². The molecule has 152 valence electrons. The smallest absolute Gasteiger partial charge is 0.307 e. The Labute approximate surface area is 173 Å². The van der Waals surface area contributed by atoms with Gasteiger partial charge in [0.15, 0.2) is 5.75 Å². The molecule has 0 fully saturated rings. The number of ether oxygens (including phenoxy) is 2. The molecule has 2 aromatic rings. The normalized spacial score (nSPS) is 11.1. The lowest BCUT2D eigenvalue weighted by atomic mass is 10.3. The summed E-state index contributed by atoms with van der Waals surface area (Å²) in [6.07, 6.45) is -0.236. The minimum Gasteiger partial charge on any atom is -0.504 e. The van der Waals surface area contributed by atoms with E-state index in [1.54, 1.807) is 13.0 Å². The van der Waals surface area contributed by atoms with Gasteiger partial charge in [0.05, 0.1) is 35.7 Å². The molecule has 28 heavy (non-hydrogen) atoms. The van der Waals surface area contributed by atoms with Gasteiger partial charge in [-0.25, -0.2) is 8.42 Å². The lowest BCUT2D eigenvalue weighted by molar-refractivity contribution is -0.142. The second-order valence-electron chi connectivity index (χ2n) is 5.57. The standard InChI is InChI=1S/C18H19Cl2NO6S/c1-3-27-17(22)7-8-21(16-10-12(19)9-15(20)18(16)23)28(24,25)14-6-4-5-13(11-14)26-2/h4-6,9-11,23H,3,7-8H2,1-2H3. The van der Waals surface area contributed by atoms with E-state index in [2.05, 4.69) is 0 Å². The average Bonchev–Trinajstić information content (AvgIpc) is 2.65. The lowest BCUT2D eigenvalue weighted by Gasteiger charge is -2.25. The van der Waals surface area contributed by atoms with E-state index in [1.807, 2.05) is 0 Å². The predicted octanol–water partition coefficient (Wildman–Crippen LogP) is 3.86. The Morgan fingerprint density at radius 1 is 1.21 bits per heavy atom. The number of halogens is 2. The first-order valence-corrected chi connectivity index (χ1v) is 10.4. The third kappa shape index (κ3) is 5.01. The Morgan fingerprint density at radius 2 is 1.93 bits per heavy atom. The van der Waals surface area contributed by atoms with Gasteiger partial charge in [-0.15, -0.1) is 0 Å². The molecule has 0 saturated heterocycles. The molecule has 0 atom stereocenters. The molecule has 2 rings (SSSR count). The highest BCUT2D eigenvalue weighted by Crippen LogP contribution is 2.40. The van der Waals surface area contributed by atoms with Crippen LogP contribution in [-0.4, -0.2) is 39.8 Å². The molecule has 0 aromatic heterocycles. The predicted molar refractivity (Wildman–Crippen MR) is 107 cm³/mol. The molecule has 0 heterocycles. The van der Waals surface area contributed by atoms with Crippen molar-refractivity contribution in [1.29, 1.82) is 0 Å². The van der Waals surface area contributed by atoms with Gasteiger partial charge >= 0.3 is 5.97 Å². The largest absolute Gasteiger partial charge is 0.504 e. The number of hydrogen-bond acceptors (Lipinski definition) is 6. The second kappa shape index (κ2) is 9.36. The summed E-state index contributed by atoms with van der Waals surface area (Å²) in [6, 6.07) is 8.35. The van der Waals surface area contributed by atoms with Crippen LogP contribution in [0.5, 0.6) is 11.5 Å². The third-order valence-electron chi connectivity index (χ3n) is 3.73. The minimum atomic E-state index is -4.19. The van der Waals surface area contributed by atoms with Crippen LogP contribution in [0.25, 0.3) is 0 Å². The van der Waals surface area contributed by atoms with Crippen LogP contribution in [0, 0.1) is 0 Å². The van der Waals surface area contributed by atoms with Gasteiger partial charge in [0.1, 0.15) is 5.75 Å². The fourth-order valence-corrected chi connectivity index (χ4v) is 4.41. The Kier molecular flexibility index (Phi) is 7.40. The number of esters is 1. The van der Waals surface area contributed by atoms with Gasteiger partial charge in [0.25, 0.3) is 10.0 Å². The molecule has 7 nitrogen and oxygen atoms in total. The number of carbonyl (C=O) groups is 1. The van der Waals surface area contributed by atoms with Gasteiger partial charge in [0, 0.05) is 17.6 Å². The second-order valence-corrected chi connectivity index (χ2v) is 8.27. The van der Waals surface area contributed by atoms with Crippen LogP contribution in [-0.2, 0) is 19.6 Å². The fourth-order valence-electron chi connectivity index (χ4n) is 2.43. The van der Waals surface area contributed by atoms with Crippen molar-refractivity contribution in [3.8, 4) is 11.5 Å². The highest BCUT2D eigenvalue weighted by molar-refractivity contribution is 7.92. The van der Waals surface area contributed by atoms with Crippen molar-refractivity contribution < 1.29 is 27.8 Å². The Morgan fingerprint density at radius 3 is 2.57 bits per heavy atom. The number of hydrogen-bond donors (Lipinski definition) is 1. The van der Waals surface area contributed by atoms with Crippen molar-refractivity contribution in [2.45, 2.75) is 18.2 Å². The maximum Gasteiger partial charge on any atom is 0.307 e. The summed E-state index contributed by atoms with van der Waals surface area (Å²) in [5.41, 5.74) is -0.149. The van der Waals surface area contributed by atoms with E-state index >= 15 is 0 Å². The van der Waals surface area contributed by atoms with E-state index in [0.29, 0.717) is 5.75 Å². The first-order chi connectivity index (χ1) is 13.2. The van der Waals surface area contributed by atoms with Crippen molar-refractivity contribution in [2.24, 2.45) is 0 Å². The maximum atomic E-state index is 13.3. The first-order valence-electron chi connectivity index (χ1n) is 8.21. The molecule has 0 aliphatic heterocycles. The average molecular weight is 448 g/mol. The zero-order valence-electron chi connectivity index (χ0n) is 15.2. The SMILES string of the molecule is CCOC(=O)CCN(c1cc(Cl)cc(Cl)c1O)S(=O)(=O)c1cccc(OC)c1. The van der Waals surface area contributed by atoms with E-state index in [0.717, 1.165) is 4.31 Å². The lowest BCUT2D eigenvalue weighted by Crippen LogP contribution is -2.33. The summed E-state index contributed by atoms with van der Waals surface area (Å²) >= 11 is 11.9. The third-order valence-corrected chi connectivity index (χ3v) is 6.05. The number of carbonyl (C=O) groups excluding carboxylic acids is 1. The van der Waals surface area contributed by atoms with Gasteiger partial charge in [0.2, 0.25) is 0 Å². The van der Waals surface area contributed by atoms with E-state index in [9.17, 15) is 18.3 Å². The molecule has 2 aromatic carbocycles. The van der Waals surface area contributed by atoms with Gasteiger partial charge in [-0.05, 0) is 31.2 Å². The number of phenols is 1. The molecule has 0 spiro atoms. The molecule has 0 bridgehead atoms. The van der Waals surface area contributed by atoms with Gasteiger partial charge in [-0.2, -0.15) is 0 Å². The Hall–Kier alpha value is -2.16. The number of aromatic hydroxyl groups is 1. The Bertz CT molecular complexity index is 965. The topological polar surface area (TPSA) is 93.1 Å². The highest BCUT2D eigenvalue weighted by atomic mass is 35.5. The number of anilines is 1. The van der Waals surface area contributed by atoms with Crippen LogP contribution in [0.3, 0.4) is 0 Å². The summed E-state index contributed by atoms with van der Waals surface area (Å²) in [4.78, 5) is 11.7. The molecule has 0 aliphatic carbocycles. The van der Waals surface area contributed by atoms with Gasteiger partial charge < -0.3 is 14.6 Å². The number of nitrogens with zero attached hydrogens (tertiary/aromatic N) is 1. The zero-order chi connectivity index (χ0) is 20.9. The van der Waals surface area contributed by atoms with E-state index in [1.165, 1.54) is 37.4 Å². The van der Waals surface area contributed by atoms with Gasteiger partial charge in [-0.1, -0.05) is 29.3 Å². The molecule has 0 unspecified atom stereocenters. The molecule has 10 heteroatoms. The highest BCUT2D eigenvalue weighted by Gasteiger charge is 2.29. The number of methoxy groups -OCH3 is 1. The number of sulfonamides is 1. The van der Waals surface area contributed by atoms with Crippen LogP contribution in [0.2, 0.25) is 10.0 Å². The van der Waals surface area contributed by atoms with Crippen molar-refractivity contribution in [3.63, 3.8) is 0 Å². The quantitative estimate of drug-likeness (QED) is 0.617. The van der Waals surface area contributed by atoms with Gasteiger partial charge in [-0.3, -0.25) is 9.10 Å². The van der Waals surface area contributed by atoms with Crippen LogP contribution < -0.4 is 9.04 Å². The molecule has 0 radical (unpaired) electrons. The van der Waals surface area contributed by atoms with E-state index in [-0.39, 0.29) is 40.2 Å². The maximum absolute atomic E-state index is 13.3. The van der Waals surface area contributed by atoms with Crippen molar-refractivity contribution in [1.82, 2.24) is 0 Å². The summed E-state index contributed by atoms with van der Waals surface area (Å²) < 4.78 is 37.3. The zero-order valence-corrected chi connectivity index (χ0v) is 17.5. The summed E-state index contributed by atoms with van der Waals surface area (Å²) in [6.45, 7) is 1.52. The van der Waals surface area contributed by atoms with Crippen molar-refractivity contribution in [2.75, 3.05) is 24.6 Å². The summed E-state index contributed by atoms with van der Waals surface area (Å²) in [5.74, 6) is -0.720. The summed E-state index contributed by atoms with van der Waals surface area (Å²) in [5, 5.41) is 10.3. The molecule has 0 saturated carbocycles. The molecule has 0 amide bonds. The number of phenolic OH excluding ortho intramolecular Hbond substituents is 1. The Balaban J connectivity index is 2.55. The van der Waals surface area contributed by atoms with Crippen LogP contribution in [0.15, 0.2) is 41.3 Å². The number of benzene rings is 2. The molecular formula is C18H19Cl2NO6S. The monoisotopic (exact) mass is 447 g/mol. The summed E-state index contributed by atoms with van der Waals surface area (Å²) in [7, 11) is -2.78. The number of rotatable bonds is 8.